The topological polar surface area (TPSA) is 46.2 Å². The van der Waals surface area contributed by atoms with Crippen LogP contribution < -0.4 is 5.32 Å². The van der Waals surface area contributed by atoms with E-state index in [1.54, 1.807) is 0 Å². The molecule has 0 aromatic carbocycles. The highest BCUT2D eigenvalue weighted by molar-refractivity contribution is 7.91. The molecule has 0 bridgehead atoms. The Kier molecular flexibility index (Phi) is 4.48. The van der Waals surface area contributed by atoms with Gasteiger partial charge in [0.1, 0.15) is 9.84 Å². The van der Waals surface area contributed by atoms with Crippen LogP contribution in [0.15, 0.2) is 17.5 Å². The molecule has 0 spiro atoms. The largest absolute Gasteiger partial charge is 0.306 e. The average molecular weight is 313 g/mol. The zero-order valence-corrected chi connectivity index (χ0v) is 13.4. The second-order valence-electron chi connectivity index (χ2n) is 6.13. The Bertz CT molecular complexity index is 504. The van der Waals surface area contributed by atoms with E-state index >= 15 is 0 Å². The molecule has 1 saturated heterocycles. The third-order valence-corrected chi connectivity index (χ3v) is 7.36. The Hall–Kier alpha value is -0.390. The fraction of sp³-hybridized carbons (Fsp3) is 0.733. The van der Waals surface area contributed by atoms with Crippen LogP contribution in [0.2, 0.25) is 0 Å². The van der Waals surface area contributed by atoms with Gasteiger partial charge in [0, 0.05) is 17.0 Å². The molecule has 112 valence electrons. The summed E-state index contributed by atoms with van der Waals surface area (Å²) in [7, 11) is -2.76. The summed E-state index contributed by atoms with van der Waals surface area (Å²) < 4.78 is 23.1. The fourth-order valence-corrected chi connectivity index (χ4v) is 5.89. The highest BCUT2D eigenvalue weighted by Crippen LogP contribution is 2.38. The highest BCUT2D eigenvalue weighted by Gasteiger charge is 2.31. The van der Waals surface area contributed by atoms with E-state index in [0.29, 0.717) is 23.6 Å². The molecule has 1 aliphatic heterocycles. The van der Waals surface area contributed by atoms with Gasteiger partial charge in [-0.25, -0.2) is 8.42 Å². The van der Waals surface area contributed by atoms with Crippen LogP contribution in [0.3, 0.4) is 0 Å². The van der Waals surface area contributed by atoms with Gasteiger partial charge < -0.3 is 5.32 Å². The number of rotatable bonds is 4. The lowest BCUT2D eigenvalue weighted by Crippen LogP contribution is -2.41. The third kappa shape index (κ3) is 3.43. The Balaban J connectivity index is 1.67. The molecule has 1 aromatic heterocycles. The van der Waals surface area contributed by atoms with Crippen molar-refractivity contribution in [1.82, 2.24) is 5.32 Å². The van der Waals surface area contributed by atoms with E-state index in [0.717, 1.165) is 18.8 Å². The molecule has 1 aliphatic carbocycles. The highest BCUT2D eigenvalue weighted by atomic mass is 32.2. The van der Waals surface area contributed by atoms with Gasteiger partial charge in [-0.2, -0.15) is 0 Å². The van der Waals surface area contributed by atoms with Crippen LogP contribution in [0.1, 0.15) is 49.4 Å². The Morgan fingerprint density at radius 2 is 1.85 bits per heavy atom. The molecule has 1 aromatic rings. The molecule has 1 saturated carbocycles. The minimum Gasteiger partial charge on any atom is -0.306 e. The van der Waals surface area contributed by atoms with Gasteiger partial charge in [-0.1, -0.05) is 18.9 Å². The summed E-state index contributed by atoms with van der Waals surface area (Å²) in [5.41, 5.74) is 0. The summed E-state index contributed by atoms with van der Waals surface area (Å²) in [6, 6.07) is 5.14. The summed E-state index contributed by atoms with van der Waals surface area (Å²) in [6.07, 6.45) is 6.84. The van der Waals surface area contributed by atoms with Crippen molar-refractivity contribution in [3.63, 3.8) is 0 Å². The van der Waals surface area contributed by atoms with E-state index in [9.17, 15) is 8.42 Å². The van der Waals surface area contributed by atoms with Crippen LogP contribution in [0.5, 0.6) is 0 Å². The van der Waals surface area contributed by atoms with Gasteiger partial charge in [-0.3, -0.25) is 0 Å². The molecule has 3 nitrogen and oxygen atoms in total. The van der Waals surface area contributed by atoms with Crippen LogP contribution in [0.4, 0.5) is 0 Å². The first kappa shape index (κ1) is 14.5. The number of thiophene rings is 1. The maximum atomic E-state index is 11.5. The van der Waals surface area contributed by atoms with E-state index < -0.39 is 9.84 Å². The maximum Gasteiger partial charge on any atom is 0.150 e. The summed E-state index contributed by atoms with van der Waals surface area (Å²) >= 11 is 1.83. The molecule has 2 aliphatic rings. The van der Waals surface area contributed by atoms with Gasteiger partial charge in [-0.05, 0) is 43.0 Å². The molecular formula is C15H23NO2S2. The minimum absolute atomic E-state index is 0.354. The first-order valence-corrected chi connectivity index (χ1v) is 10.3. The molecule has 0 amide bonds. The van der Waals surface area contributed by atoms with Gasteiger partial charge in [0.05, 0.1) is 11.5 Å². The van der Waals surface area contributed by atoms with Gasteiger partial charge >= 0.3 is 0 Å². The van der Waals surface area contributed by atoms with Crippen LogP contribution >= 0.6 is 11.3 Å². The summed E-state index contributed by atoms with van der Waals surface area (Å²) in [5.74, 6) is 1.44. The Morgan fingerprint density at radius 3 is 2.45 bits per heavy atom. The third-order valence-electron chi connectivity index (χ3n) is 4.69. The first-order chi connectivity index (χ1) is 9.64. The Labute approximate surface area is 125 Å². The second kappa shape index (κ2) is 6.16. The molecular weight excluding hydrogens is 290 g/mol. The van der Waals surface area contributed by atoms with E-state index in [-0.39, 0.29) is 0 Å². The van der Waals surface area contributed by atoms with E-state index in [2.05, 4.69) is 22.8 Å². The van der Waals surface area contributed by atoms with Crippen LogP contribution in [-0.2, 0) is 9.84 Å². The lowest BCUT2D eigenvalue weighted by molar-refractivity contribution is 0.319. The molecule has 1 atom stereocenters. The van der Waals surface area contributed by atoms with Gasteiger partial charge in [0.25, 0.3) is 0 Å². The molecule has 2 heterocycles. The van der Waals surface area contributed by atoms with Crippen LogP contribution in [0.25, 0.3) is 0 Å². The SMILES string of the molecule is O=S1(=O)CCC(NC(c2cccs2)C2CCCC2)CC1. The molecule has 1 unspecified atom stereocenters. The Morgan fingerprint density at radius 1 is 1.15 bits per heavy atom. The lowest BCUT2D eigenvalue weighted by Gasteiger charge is -2.31. The zero-order chi connectivity index (χ0) is 14.0. The predicted octanol–water partition coefficient (Wildman–Crippen LogP) is 3.15. The zero-order valence-electron chi connectivity index (χ0n) is 11.8. The summed E-state index contributed by atoms with van der Waals surface area (Å²) in [5, 5.41) is 5.93. The number of hydrogen-bond acceptors (Lipinski definition) is 4. The van der Waals surface area contributed by atoms with E-state index in [1.165, 1.54) is 30.6 Å². The number of sulfone groups is 1. The van der Waals surface area contributed by atoms with Gasteiger partial charge in [0.2, 0.25) is 0 Å². The van der Waals surface area contributed by atoms with Crippen molar-refractivity contribution in [3.05, 3.63) is 22.4 Å². The predicted molar refractivity (Wildman–Crippen MR) is 83.8 cm³/mol. The van der Waals surface area contributed by atoms with Crippen molar-refractivity contribution in [1.29, 1.82) is 0 Å². The van der Waals surface area contributed by atoms with Crippen molar-refractivity contribution in [2.75, 3.05) is 11.5 Å². The van der Waals surface area contributed by atoms with Crippen molar-refractivity contribution in [2.24, 2.45) is 5.92 Å². The van der Waals surface area contributed by atoms with E-state index in [4.69, 9.17) is 0 Å². The van der Waals surface area contributed by atoms with Crippen molar-refractivity contribution in [2.45, 2.75) is 50.6 Å². The standard InChI is InChI=1S/C15H23NO2S2/c17-20(18)10-7-13(8-11-20)16-15(12-4-1-2-5-12)14-6-3-9-19-14/h3,6,9,12-13,15-16H,1-2,4-5,7-8,10-11H2. The van der Waals surface area contributed by atoms with Crippen LogP contribution in [0, 0.1) is 5.92 Å². The number of nitrogens with one attached hydrogen (secondary N) is 1. The maximum absolute atomic E-state index is 11.5. The molecule has 20 heavy (non-hydrogen) atoms. The normalized spacial score (nSPS) is 25.8. The molecule has 1 N–H and O–H groups in total. The molecule has 5 heteroatoms. The summed E-state index contributed by atoms with van der Waals surface area (Å²) in [4.78, 5) is 1.42. The second-order valence-corrected chi connectivity index (χ2v) is 9.41. The van der Waals surface area contributed by atoms with Crippen molar-refractivity contribution < 1.29 is 8.42 Å². The summed E-state index contributed by atoms with van der Waals surface area (Å²) in [6.45, 7) is 0. The van der Waals surface area contributed by atoms with E-state index in [1.807, 2.05) is 11.3 Å². The molecule has 2 fully saturated rings. The minimum atomic E-state index is -2.76. The first-order valence-electron chi connectivity index (χ1n) is 7.64. The van der Waals surface area contributed by atoms with Gasteiger partial charge in [-0.15, -0.1) is 11.3 Å². The smallest absolute Gasteiger partial charge is 0.150 e. The lowest BCUT2D eigenvalue weighted by atomic mass is 9.95. The van der Waals surface area contributed by atoms with Crippen LogP contribution in [-0.4, -0.2) is 26.0 Å². The van der Waals surface area contributed by atoms with Crippen molar-refractivity contribution in [3.8, 4) is 0 Å². The average Bonchev–Trinajstić information content (AvgIpc) is 3.11. The quantitative estimate of drug-likeness (QED) is 0.929. The molecule has 0 radical (unpaired) electrons. The number of hydrogen-bond donors (Lipinski definition) is 1. The fourth-order valence-electron chi connectivity index (χ4n) is 3.52. The molecule has 3 rings (SSSR count). The van der Waals surface area contributed by atoms with Gasteiger partial charge in [0.15, 0.2) is 0 Å². The van der Waals surface area contributed by atoms with Crippen molar-refractivity contribution >= 4 is 21.2 Å². The monoisotopic (exact) mass is 313 g/mol.